The summed E-state index contributed by atoms with van der Waals surface area (Å²) in [6.07, 6.45) is 0. The third-order valence-electron chi connectivity index (χ3n) is 4.23. The van der Waals surface area contributed by atoms with Crippen LogP contribution in [0.25, 0.3) is 20.8 Å². The lowest BCUT2D eigenvalue weighted by Crippen LogP contribution is -2.13. The fraction of sp³-hybridized carbons (Fsp3) is 0.0476. The van der Waals surface area contributed by atoms with Crippen LogP contribution in [0.15, 0.2) is 54.6 Å². The lowest BCUT2D eigenvalue weighted by Gasteiger charge is -2.13. The first kappa shape index (κ1) is 20.0. The van der Waals surface area contributed by atoms with Crippen LogP contribution in [0.4, 0.5) is 5.69 Å². The Morgan fingerprint density at radius 3 is 2.55 bits per heavy atom. The number of thiazole rings is 1. The van der Waals surface area contributed by atoms with Crippen molar-refractivity contribution in [3.05, 3.63) is 75.2 Å². The van der Waals surface area contributed by atoms with E-state index in [4.69, 9.17) is 39.5 Å². The second kappa shape index (κ2) is 8.20. The van der Waals surface area contributed by atoms with Crippen LogP contribution in [0.3, 0.4) is 0 Å². The number of fused-ring (bicyclic) bond motifs is 1. The van der Waals surface area contributed by atoms with Gasteiger partial charge in [0.2, 0.25) is 0 Å². The molecule has 0 spiro atoms. The maximum Gasteiger partial charge on any atom is 0.255 e. The maximum absolute atomic E-state index is 12.8. The van der Waals surface area contributed by atoms with E-state index < -0.39 is 0 Å². The number of rotatable bonds is 4. The highest BCUT2D eigenvalue weighted by atomic mass is 35.5. The average molecular weight is 464 g/mol. The van der Waals surface area contributed by atoms with Crippen LogP contribution < -0.4 is 10.1 Å². The molecular formula is C21H13Cl3N2O2S. The molecule has 0 fully saturated rings. The van der Waals surface area contributed by atoms with Crippen molar-refractivity contribution in [1.29, 1.82) is 0 Å². The van der Waals surface area contributed by atoms with Gasteiger partial charge in [-0.3, -0.25) is 4.79 Å². The van der Waals surface area contributed by atoms with Gasteiger partial charge in [0.25, 0.3) is 5.91 Å². The molecule has 0 radical (unpaired) electrons. The molecule has 0 aliphatic heterocycles. The summed E-state index contributed by atoms with van der Waals surface area (Å²) in [5, 5.41) is 4.69. The zero-order chi connectivity index (χ0) is 20.5. The lowest BCUT2D eigenvalue weighted by molar-refractivity contribution is 0.102. The first-order valence-electron chi connectivity index (χ1n) is 8.46. The van der Waals surface area contributed by atoms with Gasteiger partial charge in [0.15, 0.2) is 0 Å². The van der Waals surface area contributed by atoms with E-state index in [0.717, 1.165) is 10.2 Å². The minimum absolute atomic E-state index is 0.319. The van der Waals surface area contributed by atoms with Gasteiger partial charge in [-0.2, -0.15) is 0 Å². The molecule has 0 aliphatic carbocycles. The lowest BCUT2D eigenvalue weighted by atomic mass is 10.1. The van der Waals surface area contributed by atoms with Gasteiger partial charge in [-0.25, -0.2) is 4.98 Å². The highest BCUT2D eigenvalue weighted by Gasteiger charge is 2.18. The number of hydrogen-bond acceptors (Lipinski definition) is 4. The van der Waals surface area contributed by atoms with Crippen molar-refractivity contribution in [3.8, 4) is 16.3 Å². The number of benzene rings is 3. The van der Waals surface area contributed by atoms with Crippen molar-refractivity contribution in [2.75, 3.05) is 12.4 Å². The second-order valence-electron chi connectivity index (χ2n) is 6.10. The Kier molecular flexibility index (Phi) is 5.65. The summed E-state index contributed by atoms with van der Waals surface area (Å²) in [6.45, 7) is 0. The molecule has 0 bridgehead atoms. The van der Waals surface area contributed by atoms with Crippen LogP contribution >= 0.6 is 46.1 Å². The predicted octanol–water partition coefficient (Wildman–Crippen LogP) is 7.18. The number of nitrogens with zero attached hydrogens (tertiary/aromatic N) is 1. The van der Waals surface area contributed by atoms with Crippen LogP contribution in [-0.2, 0) is 0 Å². The third kappa shape index (κ3) is 4.05. The molecule has 1 N–H and O–H groups in total. The molecule has 3 aromatic carbocycles. The van der Waals surface area contributed by atoms with Crippen molar-refractivity contribution < 1.29 is 9.53 Å². The fourth-order valence-corrected chi connectivity index (χ4v) is 4.64. The van der Waals surface area contributed by atoms with Gasteiger partial charge in [-0.1, -0.05) is 46.9 Å². The van der Waals surface area contributed by atoms with Crippen LogP contribution in [0.2, 0.25) is 15.1 Å². The van der Waals surface area contributed by atoms with Crippen LogP contribution in [-0.4, -0.2) is 18.0 Å². The summed E-state index contributed by atoms with van der Waals surface area (Å²) >= 11 is 20.3. The number of carbonyl (C=O) groups is 1. The summed E-state index contributed by atoms with van der Waals surface area (Å²) < 4.78 is 6.16. The highest BCUT2D eigenvalue weighted by molar-refractivity contribution is 7.21. The smallest absolute Gasteiger partial charge is 0.255 e. The van der Waals surface area contributed by atoms with Gasteiger partial charge < -0.3 is 10.1 Å². The number of methoxy groups -OCH3 is 1. The van der Waals surface area contributed by atoms with Gasteiger partial charge >= 0.3 is 0 Å². The van der Waals surface area contributed by atoms with E-state index in [9.17, 15) is 4.79 Å². The Morgan fingerprint density at radius 2 is 1.83 bits per heavy atom. The molecule has 1 aromatic heterocycles. The van der Waals surface area contributed by atoms with Crippen LogP contribution in [0.1, 0.15) is 10.4 Å². The number of amides is 1. The van der Waals surface area contributed by atoms with Gasteiger partial charge in [-0.05, 0) is 42.5 Å². The monoisotopic (exact) mass is 462 g/mol. The number of halogens is 3. The summed E-state index contributed by atoms with van der Waals surface area (Å²) in [5.41, 5.74) is 2.32. The molecule has 1 heterocycles. The van der Waals surface area contributed by atoms with Gasteiger partial charge in [0.1, 0.15) is 10.8 Å². The first-order valence-corrected chi connectivity index (χ1v) is 10.4. The summed E-state index contributed by atoms with van der Waals surface area (Å²) in [6, 6.07) is 15.9. The van der Waals surface area contributed by atoms with Crippen LogP contribution in [0, 0.1) is 0 Å². The predicted molar refractivity (Wildman–Crippen MR) is 121 cm³/mol. The quantitative estimate of drug-likeness (QED) is 0.348. The highest BCUT2D eigenvalue weighted by Crippen LogP contribution is 2.40. The van der Waals surface area contributed by atoms with E-state index in [-0.39, 0.29) is 5.91 Å². The molecule has 4 nitrogen and oxygen atoms in total. The minimum atomic E-state index is -0.360. The number of anilines is 1. The van der Waals surface area contributed by atoms with E-state index in [1.807, 2.05) is 24.3 Å². The molecule has 0 saturated carbocycles. The summed E-state index contributed by atoms with van der Waals surface area (Å²) in [7, 11) is 1.51. The number of aromatic nitrogens is 1. The fourth-order valence-electron chi connectivity index (χ4n) is 2.85. The zero-order valence-electron chi connectivity index (χ0n) is 15.0. The molecule has 1 amide bonds. The molecule has 29 heavy (non-hydrogen) atoms. The van der Waals surface area contributed by atoms with E-state index in [0.29, 0.717) is 42.6 Å². The Balaban J connectivity index is 1.75. The zero-order valence-corrected chi connectivity index (χ0v) is 18.1. The van der Waals surface area contributed by atoms with Crippen molar-refractivity contribution in [2.45, 2.75) is 0 Å². The molecular weight excluding hydrogens is 451 g/mol. The van der Waals surface area contributed by atoms with Gasteiger partial charge in [-0.15, -0.1) is 11.3 Å². The normalized spacial score (nSPS) is 10.9. The van der Waals surface area contributed by atoms with E-state index in [1.54, 1.807) is 24.3 Å². The van der Waals surface area contributed by atoms with Crippen molar-refractivity contribution in [2.24, 2.45) is 0 Å². The first-order chi connectivity index (χ1) is 14.0. The summed E-state index contributed by atoms with van der Waals surface area (Å²) in [4.78, 5) is 17.5. The molecule has 0 aliphatic rings. The molecule has 0 saturated heterocycles. The SMILES string of the molecule is COc1ccc(C(=O)Nc2c(Cl)cc(Cl)cc2-c2nc3ccccc3s2)cc1Cl. The molecule has 8 heteroatoms. The second-order valence-corrected chi connectivity index (χ2v) is 8.38. The maximum atomic E-state index is 12.8. The Bertz CT molecular complexity index is 1210. The molecule has 0 atom stereocenters. The van der Waals surface area contributed by atoms with E-state index in [1.165, 1.54) is 24.5 Å². The minimum Gasteiger partial charge on any atom is -0.495 e. The summed E-state index contributed by atoms with van der Waals surface area (Å²) in [5.74, 6) is 0.129. The topological polar surface area (TPSA) is 51.2 Å². The Labute approximate surface area is 186 Å². The van der Waals surface area contributed by atoms with Gasteiger partial charge in [0.05, 0.1) is 33.1 Å². The third-order valence-corrected chi connectivity index (χ3v) is 6.11. The molecule has 146 valence electrons. The number of ether oxygens (including phenoxy) is 1. The number of carbonyl (C=O) groups excluding carboxylic acids is 1. The Hall–Kier alpha value is -2.31. The van der Waals surface area contributed by atoms with Crippen molar-refractivity contribution >= 4 is 68.0 Å². The number of para-hydroxylation sites is 1. The average Bonchev–Trinajstić information content (AvgIpc) is 3.13. The molecule has 4 aromatic rings. The standard InChI is InChI=1S/C21H13Cl3N2O2S/c1-28-17-7-6-11(8-14(17)23)20(27)26-19-13(9-12(22)10-15(19)24)21-25-16-4-2-3-5-18(16)29-21/h2-10H,1H3,(H,26,27). The molecule has 0 unspecified atom stereocenters. The van der Waals surface area contributed by atoms with Gasteiger partial charge in [0, 0.05) is 16.1 Å². The number of nitrogens with one attached hydrogen (secondary N) is 1. The number of hydrogen-bond donors (Lipinski definition) is 1. The van der Waals surface area contributed by atoms with Crippen molar-refractivity contribution in [3.63, 3.8) is 0 Å². The Morgan fingerprint density at radius 1 is 1.03 bits per heavy atom. The van der Waals surface area contributed by atoms with E-state index in [2.05, 4.69) is 10.3 Å². The van der Waals surface area contributed by atoms with E-state index >= 15 is 0 Å². The van der Waals surface area contributed by atoms with Crippen LogP contribution in [0.5, 0.6) is 5.75 Å². The largest absolute Gasteiger partial charge is 0.495 e. The molecule has 4 rings (SSSR count). The van der Waals surface area contributed by atoms with Crippen molar-refractivity contribution in [1.82, 2.24) is 4.98 Å².